The first-order valence-electron chi connectivity index (χ1n) is 9.66. The molecule has 1 aromatic carbocycles. The molecule has 2 saturated heterocycles. The number of alkyl halides is 3. The van der Waals surface area contributed by atoms with E-state index in [1.807, 2.05) is 6.92 Å². The molecular weight excluding hydrogens is 461 g/mol. The number of halogens is 4. The molecule has 0 aromatic heterocycles. The summed E-state index contributed by atoms with van der Waals surface area (Å²) in [6.45, 7) is 5.58. The number of nitrogens with zero attached hydrogens (tertiary/aromatic N) is 2. The van der Waals surface area contributed by atoms with E-state index in [1.54, 1.807) is 22.5 Å². The lowest BCUT2D eigenvalue weighted by molar-refractivity contribution is -0.192. The molecule has 2 aliphatic heterocycles. The Hall–Kier alpha value is -1.40. The number of likely N-dealkylation sites (N-methyl/N-ethyl adjacent to an activating group) is 1. The van der Waals surface area contributed by atoms with Crippen LogP contribution in [-0.4, -0.2) is 80.3 Å². The van der Waals surface area contributed by atoms with Crippen molar-refractivity contribution >= 4 is 27.6 Å². The second kappa shape index (κ2) is 10.0. The topological polar surface area (TPSA) is 87.2 Å². The van der Waals surface area contributed by atoms with E-state index in [1.165, 1.54) is 6.07 Å². The number of benzene rings is 1. The van der Waals surface area contributed by atoms with Crippen molar-refractivity contribution in [2.45, 2.75) is 36.4 Å². The minimum absolute atomic E-state index is 0.0499. The van der Waals surface area contributed by atoms with E-state index in [4.69, 9.17) is 26.2 Å². The predicted molar refractivity (Wildman–Crippen MR) is 108 cm³/mol. The molecule has 7 nitrogen and oxygen atoms in total. The van der Waals surface area contributed by atoms with Gasteiger partial charge in [0.15, 0.2) is 0 Å². The molecule has 2 fully saturated rings. The molecule has 1 N–H and O–H groups in total. The summed E-state index contributed by atoms with van der Waals surface area (Å²) in [5.74, 6) is -2.25. The lowest BCUT2D eigenvalue weighted by Gasteiger charge is -2.57. The van der Waals surface area contributed by atoms with Crippen molar-refractivity contribution in [3.05, 3.63) is 29.3 Å². The first-order chi connectivity index (χ1) is 14.3. The molecule has 1 unspecified atom stereocenters. The Morgan fingerprint density at radius 1 is 1.35 bits per heavy atom. The fraction of sp³-hybridized carbons (Fsp3) is 0.632. The molecule has 0 radical (unpaired) electrons. The summed E-state index contributed by atoms with van der Waals surface area (Å²) >= 11 is 5.94. The Bertz CT molecular complexity index is 874. The maximum Gasteiger partial charge on any atom is 0.490 e. The molecule has 176 valence electrons. The van der Waals surface area contributed by atoms with Crippen molar-refractivity contribution in [2.75, 3.05) is 39.9 Å². The molecule has 12 heteroatoms. The Morgan fingerprint density at radius 2 is 1.97 bits per heavy atom. The number of hydrogen-bond acceptors (Lipinski definition) is 5. The molecule has 1 atom stereocenters. The molecule has 0 bridgehead atoms. The van der Waals surface area contributed by atoms with Crippen LogP contribution in [0.3, 0.4) is 0 Å². The van der Waals surface area contributed by atoms with E-state index in [2.05, 4.69) is 11.9 Å². The highest BCUT2D eigenvalue weighted by atomic mass is 35.5. The van der Waals surface area contributed by atoms with Gasteiger partial charge in [0.1, 0.15) is 0 Å². The van der Waals surface area contributed by atoms with E-state index >= 15 is 0 Å². The average Bonchev–Trinajstić information content (AvgIpc) is 2.65. The molecule has 2 aliphatic rings. The van der Waals surface area contributed by atoms with Crippen molar-refractivity contribution < 1.29 is 36.2 Å². The van der Waals surface area contributed by atoms with E-state index < -0.39 is 22.2 Å². The van der Waals surface area contributed by atoms with Crippen LogP contribution in [0.2, 0.25) is 5.02 Å². The maximum absolute atomic E-state index is 12.8. The molecule has 0 amide bonds. The van der Waals surface area contributed by atoms with Crippen LogP contribution in [0.5, 0.6) is 0 Å². The molecule has 1 aromatic rings. The lowest BCUT2D eigenvalue weighted by atomic mass is 9.77. The number of ether oxygens (including phenoxy) is 1. The number of sulfonamides is 1. The summed E-state index contributed by atoms with van der Waals surface area (Å²) in [4.78, 5) is 11.5. The summed E-state index contributed by atoms with van der Waals surface area (Å²) in [6, 6.07) is 6.49. The fourth-order valence-electron chi connectivity index (χ4n) is 3.76. The van der Waals surface area contributed by atoms with Gasteiger partial charge in [0.2, 0.25) is 10.0 Å². The SMILES string of the molecule is CCOCC1CCN(C)C2(C1)CN(S(=O)(=O)c1cccc(Cl)c1)C2.O=C(O)C(F)(F)F. The Labute approximate surface area is 184 Å². The van der Waals surface area contributed by atoms with Crippen LogP contribution in [0.4, 0.5) is 13.2 Å². The first-order valence-corrected chi connectivity index (χ1v) is 11.5. The Balaban J connectivity index is 0.000000423. The van der Waals surface area contributed by atoms with Gasteiger partial charge >= 0.3 is 12.1 Å². The van der Waals surface area contributed by atoms with Crippen LogP contribution < -0.4 is 0 Å². The van der Waals surface area contributed by atoms with Crippen molar-refractivity contribution in [2.24, 2.45) is 5.92 Å². The number of likely N-dealkylation sites (tertiary alicyclic amines) is 1. The van der Waals surface area contributed by atoms with E-state index in [9.17, 15) is 21.6 Å². The zero-order chi connectivity index (χ0) is 23.4. The molecule has 1 spiro atoms. The van der Waals surface area contributed by atoms with Crippen LogP contribution in [0.1, 0.15) is 19.8 Å². The second-order valence-electron chi connectivity index (χ2n) is 7.70. The van der Waals surface area contributed by atoms with Gasteiger partial charge < -0.3 is 9.84 Å². The van der Waals surface area contributed by atoms with Gasteiger partial charge in [0.05, 0.1) is 4.90 Å². The monoisotopic (exact) mass is 486 g/mol. The van der Waals surface area contributed by atoms with Gasteiger partial charge in [-0.3, -0.25) is 4.90 Å². The van der Waals surface area contributed by atoms with Gasteiger partial charge in [-0.25, -0.2) is 13.2 Å². The van der Waals surface area contributed by atoms with Gasteiger partial charge in [-0.1, -0.05) is 17.7 Å². The third-order valence-electron chi connectivity index (χ3n) is 5.53. The van der Waals surface area contributed by atoms with Crippen LogP contribution in [0.15, 0.2) is 29.2 Å². The predicted octanol–water partition coefficient (Wildman–Crippen LogP) is 3.09. The summed E-state index contributed by atoms with van der Waals surface area (Å²) in [5.41, 5.74) is -0.0499. The smallest absolute Gasteiger partial charge is 0.475 e. The van der Waals surface area contributed by atoms with E-state index in [0.717, 1.165) is 32.6 Å². The first kappa shape index (κ1) is 25.9. The summed E-state index contributed by atoms with van der Waals surface area (Å²) in [6.07, 6.45) is -2.98. The molecule has 31 heavy (non-hydrogen) atoms. The van der Waals surface area contributed by atoms with Gasteiger partial charge in [-0.15, -0.1) is 0 Å². The average molecular weight is 487 g/mol. The summed E-state index contributed by atoms with van der Waals surface area (Å²) in [7, 11) is -1.37. The second-order valence-corrected chi connectivity index (χ2v) is 10.1. The van der Waals surface area contributed by atoms with Crippen LogP contribution in [0.25, 0.3) is 0 Å². The van der Waals surface area contributed by atoms with Gasteiger partial charge in [-0.05, 0) is 57.5 Å². The molecule has 3 rings (SSSR count). The number of aliphatic carboxylic acids is 1. The standard InChI is InChI=1S/C17H25ClN2O3S.C2HF3O2/c1-3-23-11-14-7-8-19(2)17(10-14)12-20(13-17)24(21,22)16-6-4-5-15(18)9-16;3-2(4,5)1(6)7/h4-6,9,14H,3,7-8,10-13H2,1-2H3;(H,6,7). The molecule has 2 heterocycles. The number of piperidine rings is 1. The van der Waals surface area contributed by atoms with E-state index in [-0.39, 0.29) is 10.4 Å². The minimum Gasteiger partial charge on any atom is -0.475 e. The lowest BCUT2D eigenvalue weighted by Crippen LogP contribution is -2.72. The minimum atomic E-state index is -5.08. The largest absolute Gasteiger partial charge is 0.490 e. The van der Waals surface area contributed by atoms with Crippen molar-refractivity contribution in [1.82, 2.24) is 9.21 Å². The number of hydrogen-bond donors (Lipinski definition) is 1. The number of rotatable bonds is 5. The summed E-state index contributed by atoms with van der Waals surface area (Å²) in [5, 5.41) is 7.57. The Morgan fingerprint density at radius 3 is 2.48 bits per heavy atom. The highest BCUT2D eigenvalue weighted by molar-refractivity contribution is 7.89. The van der Waals surface area contributed by atoms with Gasteiger partial charge in [-0.2, -0.15) is 17.5 Å². The molecule has 0 saturated carbocycles. The zero-order valence-electron chi connectivity index (χ0n) is 17.2. The third-order valence-corrected chi connectivity index (χ3v) is 7.55. The van der Waals surface area contributed by atoms with E-state index in [0.29, 0.717) is 24.0 Å². The Kier molecular flexibility index (Phi) is 8.37. The van der Waals surface area contributed by atoms with Crippen LogP contribution in [-0.2, 0) is 19.6 Å². The van der Waals surface area contributed by atoms with Crippen molar-refractivity contribution in [3.8, 4) is 0 Å². The summed E-state index contributed by atoms with van der Waals surface area (Å²) < 4.78 is 64.4. The molecule has 0 aliphatic carbocycles. The van der Waals surface area contributed by atoms with Crippen molar-refractivity contribution in [3.63, 3.8) is 0 Å². The maximum atomic E-state index is 12.8. The van der Waals surface area contributed by atoms with Crippen LogP contribution in [0, 0.1) is 5.92 Å². The van der Waals surface area contributed by atoms with Gasteiger partial charge in [0.25, 0.3) is 0 Å². The molecular formula is C19H26ClF3N2O5S. The zero-order valence-corrected chi connectivity index (χ0v) is 18.8. The van der Waals surface area contributed by atoms with Crippen molar-refractivity contribution in [1.29, 1.82) is 0 Å². The normalized spacial score (nSPS) is 21.8. The highest BCUT2D eigenvalue weighted by Crippen LogP contribution is 2.40. The third kappa shape index (κ3) is 6.32. The van der Waals surface area contributed by atoms with Gasteiger partial charge in [0, 0.05) is 36.9 Å². The highest BCUT2D eigenvalue weighted by Gasteiger charge is 2.53. The fourth-order valence-corrected chi connectivity index (χ4v) is 5.66. The quantitative estimate of drug-likeness (QED) is 0.688. The van der Waals surface area contributed by atoms with Crippen LogP contribution >= 0.6 is 11.6 Å². The number of carbonyl (C=O) groups is 1. The number of carboxylic acid groups (broad SMARTS) is 1. The number of carboxylic acids is 1.